The van der Waals surface area contributed by atoms with Crippen molar-refractivity contribution in [2.24, 2.45) is 5.92 Å². The second kappa shape index (κ2) is 6.36. The third-order valence-electron chi connectivity index (χ3n) is 6.00. The van der Waals surface area contributed by atoms with E-state index < -0.39 is 0 Å². The molecule has 4 atom stereocenters. The topological polar surface area (TPSA) is 53.2 Å². The fourth-order valence-corrected chi connectivity index (χ4v) is 4.73. The average molecular weight is 331 g/mol. The Hall–Kier alpha value is -1.62. The largest absolute Gasteiger partial charge is 0.373 e. The van der Waals surface area contributed by atoms with Crippen molar-refractivity contribution in [3.05, 3.63) is 29.1 Å². The minimum atomic E-state index is -0.362. The molecule has 24 heavy (non-hydrogen) atoms. The van der Waals surface area contributed by atoms with Crippen molar-refractivity contribution in [1.82, 2.24) is 10.6 Å². The van der Waals surface area contributed by atoms with Crippen LogP contribution in [0.5, 0.6) is 0 Å². The van der Waals surface area contributed by atoms with E-state index in [-0.39, 0.29) is 23.8 Å². The van der Waals surface area contributed by atoms with Gasteiger partial charge >= 0.3 is 0 Å². The third-order valence-corrected chi connectivity index (χ3v) is 6.00. The molecule has 2 heterocycles. The minimum absolute atomic E-state index is 0.00280. The Morgan fingerprint density at radius 3 is 2.92 bits per heavy atom. The van der Waals surface area contributed by atoms with Gasteiger partial charge in [0.05, 0.1) is 0 Å². The van der Waals surface area contributed by atoms with Crippen LogP contribution in [-0.4, -0.2) is 30.6 Å². The van der Waals surface area contributed by atoms with Gasteiger partial charge in [-0.05, 0) is 56.7 Å². The highest BCUT2D eigenvalue weighted by atomic mass is 19.1. The number of amides is 1. The molecule has 2 aliphatic heterocycles. The molecule has 4 rings (SSSR count). The monoisotopic (exact) mass is 331 g/mol. The standard InChI is InChI=1S/C19H26FN3O/c1-11-7-8-14(20)13-10-16(22-17(11)13)19(24)23-15-6-2-4-12-5-3-9-21-18(12)15/h7-8,12,15-16,18,21-22H,2-6,9-10H2,1H3,(H,23,24). The number of halogens is 1. The van der Waals surface area contributed by atoms with E-state index in [0.29, 0.717) is 23.9 Å². The van der Waals surface area contributed by atoms with Gasteiger partial charge in [-0.1, -0.05) is 12.5 Å². The van der Waals surface area contributed by atoms with Gasteiger partial charge in [0.15, 0.2) is 0 Å². The van der Waals surface area contributed by atoms with Crippen molar-refractivity contribution < 1.29 is 9.18 Å². The van der Waals surface area contributed by atoms with Crippen molar-refractivity contribution >= 4 is 11.6 Å². The second-order valence-corrected chi connectivity index (χ2v) is 7.55. The summed E-state index contributed by atoms with van der Waals surface area (Å²) in [4.78, 5) is 12.8. The van der Waals surface area contributed by atoms with E-state index in [1.165, 1.54) is 31.7 Å². The lowest BCUT2D eigenvalue weighted by atomic mass is 9.76. The number of carbonyl (C=O) groups is 1. The molecule has 1 aliphatic carbocycles. The first-order chi connectivity index (χ1) is 11.6. The van der Waals surface area contributed by atoms with Gasteiger partial charge in [-0.3, -0.25) is 4.79 Å². The van der Waals surface area contributed by atoms with Gasteiger partial charge in [0, 0.05) is 29.8 Å². The zero-order valence-corrected chi connectivity index (χ0v) is 14.2. The third kappa shape index (κ3) is 2.79. The van der Waals surface area contributed by atoms with Crippen LogP contribution in [0.4, 0.5) is 10.1 Å². The molecule has 1 saturated carbocycles. The predicted octanol–water partition coefficient (Wildman–Crippen LogP) is 2.51. The fourth-order valence-electron chi connectivity index (χ4n) is 4.73. The lowest BCUT2D eigenvalue weighted by Gasteiger charge is -2.42. The first kappa shape index (κ1) is 15.9. The molecule has 1 saturated heterocycles. The molecule has 0 spiro atoms. The van der Waals surface area contributed by atoms with Gasteiger partial charge < -0.3 is 16.0 Å². The van der Waals surface area contributed by atoms with Crippen LogP contribution in [0.15, 0.2) is 12.1 Å². The first-order valence-electron chi connectivity index (χ1n) is 9.22. The highest BCUT2D eigenvalue weighted by Crippen LogP contribution is 2.33. The van der Waals surface area contributed by atoms with E-state index in [9.17, 15) is 9.18 Å². The zero-order chi connectivity index (χ0) is 16.7. The van der Waals surface area contributed by atoms with Gasteiger partial charge in [0.2, 0.25) is 5.91 Å². The Morgan fingerprint density at radius 2 is 2.08 bits per heavy atom. The summed E-state index contributed by atoms with van der Waals surface area (Å²) in [5, 5.41) is 10.1. The fraction of sp³-hybridized carbons (Fsp3) is 0.632. The second-order valence-electron chi connectivity index (χ2n) is 7.55. The number of piperidine rings is 1. The highest BCUT2D eigenvalue weighted by molar-refractivity contribution is 5.88. The molecule has 0 bridgehead atoms. The van der Waals surface area contributed by atoms with Crippen LogP contribution >= 0.6 is 0 Å². The number of rotatable bonds is 2. The molecular formula is C19H26FN3O. The van der Waals surface area contributed by atoms with Crippen LogP contribution < -0.4 is 16.0 Å². The number of anilines is 1. The molecule has 1 aromatic carbocycles. The summed E-state index contributed by atoms with van der Waals surface area (Å²) in [6.45, 7) is 2.99. The van der Waals surface area contributed by atoms with Gasteiger partial charge in [-0.25, -0.2) is 4.39 Å². The molecule has 0 aromatic heterocycles. The minimum Gasteiger partial charge on any atom is -0.373 e. The van der Waals surface area contributed by atoms with E-state index in [1.807, 2.05) is 6.92 Å². The molecule has 3 N–H and O–H groups in total. The number of aryl methyl sites for hydroxylation is 1. The Balaban J connectivity index is 1.44. The maximum atomic E-state index is 14.0. The van der Waals surface area contributed by atoms with Gasteiger partial charge in [0.25, 0.3) is 0 Å². The van der Waals surface area contributed by atoms with E-state index in [1.54, 1.807) is 6.07 Å². The SMILES string of the molecule is Cc1ccc(F)c2c1NC(C(=O)NC1CCCC3CCCNC31)C2. The molecular weight excluding hydrogens is 305 g/mol. The van der Waals surface area contributed by atoms with Crippen molar-refractivity contribution in [3.8, 4) is 0 Å². The number of hydrogen-bond acceptors (Lipinski definition) is 3. The number of fused-ring (bicyclic) bond motifs is 2. The number of nitrogens with one attached hydrogen (secondary N) is 3. The molecule has 4 unspecified atom stereocenters. The average Bonchev–Trinajstić information content (AvgIpc) is 3.05. The van der Waals surface area contributed by atoms with Crippen molar-refractivity contribution in [2.75, 3.05) is 11.9 Å². The molecule has 130 valence electrons. The summed E-state index contributed by atoms with van der Waals surface area (Å²) in [7, 11) is 0. The molecule has 1 amide bonds. The Kier molecular flexibility index (Phi) is 4.21. The normalized spacial score (nSPS) is 31.8. The lowest BCUT2D eigenvalue weighted by Crippen LogP contribution is -2.59. The van der Waals surface area contributed by atoms with Gasteiger partial charge in [0.1, 0.15) is 11.9 Å². The van der Waals surface area contributed by atoms with Crippen LogP contribution in [-0.2, 0) is 11.2 Å². The smallest absolute Gasteiger partial charge is 0.243 e. The molecule has 1 aromatic rings. The van der Waals surface area contributed by atoms with Crippen molar-refractivity contribution in [2.45, 2.75) is 63.6 Å². The number of hydrogen-bond donors (Lipinski definition) is 3. The number of carbonyl (C=O) groups excluding carboxylic acids is 1. The summed E-state index contributed by atoms with van der Waals surface area (Å²) in [6, 6.07) is 3.50. The quantitative estimate of drug-likeness (QED) is 0.780. The van der Waals surface area contributed by atoms with Crippen molar-refractivity contribution in [3.63, 3.8) is 0 Å². The van der Waals surface area contributed by atoms with Gasteiger partial charge in [-0.15, -0.1) is 0 Å². The molecule has 3 aliphatic rings. The summed E-state index contributed by atoms with van der Waals surface area (Å²) < 4.78 is 14.0. The maximum Gasteiger partial charge on any atom is 0.243 e. The molecule has 0 radical (unpaired) electrons. The van der Waals surface area contributed by atoms with Crippen LogP contribution in [0.3, 0.4) is 0 Å². The zero-order valence-electron chi connectivity index (χ0n) is 14.2. The summed E-state index contributed by atoms with van der Waals surface area (Å²) in [6.07, 6.45) is 6.42. The summed E-state index contributed by atoms with van der Waals surface area (Å²) >= 11 is 0. The summed E-state index contributed by atoms with van der Waals surface area (Å²) in [5.74, 6) is 0.472. The Labute approximate surface area is 142 Å². The van der Waals surface area contributed by atoms with E-state index in [0.717, 1.165) is 24.2 Å². The number of benzene rings is 1. The Morgan fingerprint density at radius 1 is 1.25 bits per heavy atom. The maximum absolute atomic E-state index is 14.0. The van der Waals surface area contributed by atoms with E-state index in [2.05, 4.69) is 16.0 Å². The molecule has 4 nitrogen and oxygen atoms in total. The Bertz CT molecular complexity index is 615. The first-order valence-corrected chi connectivity index (χ1v) is 9.22. The summed E-state index contributed by atoms with van der Waals surface area (Å²) in [5.41, 5.74) is 2.44. The van der Waals surface area contributed by atoms with E-state index >= 15 is 0 Å². The molecule has 5 heteroatoms. The lowest BCUT2D eigenvalue weighted by molar-refractivity contribution is -0.123. The van der Waals surface area contributed by atoms with E-state index in [4.69, 9.17) is 0 Å². The van der Waals surface area contributed by atoms with Crippen LogP contribution in [0.2, 0.25) is 0 Å². The molecule has 2 fully saturated rings. The van der Waals surface area contributed by atoms with Crippen LogP contribution in [0, 0.1) is 18.7 Å². The van der Waals surface area contributed by atoms with Crippen LogP contribution in [0.1, 0.15) is 43.2 Å². The highest BCUT2D eigenvalue weighted by Gasteiger charge is 2.37. The van der Waals surface area contributed by atoms with Gasteiger partial charge in [-0.2, -0.15) is 0 Å². The van der Waals surface area contributed by atoms with Crippen LogP contribution in [0.25, 0.3) is 0 Å². The van der Waals surface area contributed by atoms with Crippen molar-refractivity contribution in [1.29, 1.82) is 0 Å². The predicted molar refractivity (Wildman–Crippen MR) is 92.5 cm³/mol.